The van der Waals surface area contributed by atoms with Crippen LogP contribution in [0.2, 0.25) is 0 Å². The molecule has 2 aromatic carbocycles. The highest BCUT2D eigenvalue weighted by atomic mass is 14.2. The predicted molar refractivity (Wildman–Crippen MR) is 88.2 cm³/mol. The number of rotatable bonds is 1. The molecule has 0 heteroatoms. The molecule has 0 saturated heterocycles. The summed E-state index contributed by atoms with van der Waals surface area (Å²) in [6.45, 7) is 11.1. The molecule has 0 fully saturated rings. The van der Waals surface area contributed by atoms with Crippen LogP contribution in [0.4, 0.5) is 0 Å². The van der Waals surface area contributed by atoms with Gasteiger partial charge in [0.15, 0.2) is 0 Å². The van der Waals surface area contributed by atoms with Gasteiger partial charge in [-0.15, -0.1) is 0 Å². The van der Waals surface area contributed by atoms with Crippen LogP contribution in [0.25, 0.3) is 17.2 Å². The van der Waals surface area contributed by atoms with E-state index < -0.39 is 0 Å². The standard InChI is InChI=1S/C20H22/c1-12-10-17-8-6-14(3)20(19(17)11-12)18-9-7-13(2)15(4)16(18)5/h6-9,11H,10H2,1-5H3. The summed E-state index contributed by atoms with van der Waals surface area (Å²) in [5, 5.41) is 0. The van der Waals surface area contributed by atoms with E-state index in [1.54, 1.807) is 0 Å². The van der Waals surface area contributed by atoms with Crippen LogP contribution in [-0.4, -0.2) is 0 Å². The molecular weight excluding hydrogens is 240 g/mol. The van der Waals surface area contributed by atoms with Gasteiger partial charge in [0.1, 0.15) is 0 Å². The molecule has 3 rings (SSSR count). The van der Waals surface area contributed by atoms with Crippen LogP contribution in [0.15, 0.2) is 29.8 Å². The molecule has 0 bridgehead atoms. The Morgan fingerprint density at radius 2 is 1.45 bits per heavy atom. The van der Waals surface area contributed by atoms with Crippen LogP contribution >= 0.6 is 0 Å². The fraction of sp³-hybridized carbons (Fsp3) is 0.300. The van der Waals surface area contributed by atoms with E-state index in [0.717, 1.165) is 6.42 Å². The van der Waals surface area contributed by atoms with Gasteiger partial charge in [-0.25, -0.2) is 0 Å². The minimum absolute atomic E-state index is 1.10. The van der Waals surface area contributed by atoms with E-state index in [1.165, 1.54) is 50.1 Å². The van der Waals surface area contributed by atoms with Gasteiger partial charge in [0, 0.05) is 0 Å². The fourth-order valence-corrected chi connectivity index (χ4v) is 3.27. The van der Waals surface area contributed by atoms with Crippen molar-refractivity contribution >= 4 is 6.08 Å². The molecule has 102 valence electrons. The van der Waals surface area contributed by atoms with Gasteiger partial charge in [-0.2, -0.15) is 0 Å². The average molecular weight is 262 g/mol. The second kappa shape index (κ2) is 4.63. The van der Waals surface area contributed by atoms with Crippen molar-refractivity contribution in [1.29, 1.82) is 0 Å². The van der Waals surface area contributed by atoms with Gasteiger partial charge in [0.2, 0.25) is 0 Å². The highest BCUT2D eigenvalue weighted by Gasteiger charge is 2.18. The van der Waals surface area contributed by atoms with Crippen molar-refractivity contribution in [3.63, 3.8) is 0 Å². The number of aryl methyl sites for hydroxylation is 2. The van der Waals surface area contributed by atoms with Crippen molar-refractivity contribution in [2.24, 2.45) is 0 Å². The third kappa shape index (κ3) is 1.91. The molecule has 0 N–H and O–H groups in total. The van der Waals surface area contributed by atoms with Crippen molar-refractivity contribution in [1.82, 2.24) is 0 Å². The molecule has 0 heterocycles. The summed E-state index contributed by atoms with van der Waals surface area (Å²) in [4.78, 5) is 0. The predicted octanol–water partition coefficient (Wildman–Crippen LogP) is 5.55. The summed E-state index contributed by atoms with van der Waals surface area (Å²) in [6.07, 6.45) is 3.47. The zero-order valence-corrected chi connectivity index (χ0v) is 13.1. The molecule has 0 aromatic heterocycles. The van der Waals surface area contributed by atoms with Gasteiger partial charge in [-0.1, -0.05) is 35.9 Å². The molecule has 0 amide bonds. The van der Waals surface area contributed by atoms with Crippen LogP contribution < -0.4 is 0 Å². The average Bonchev–Trinajstić information content (AvgIpc) is 2.78. The maximum atomic E-state index is 2.37. The molecule has 0 saturated carbocycles. The zero-order valence-electron chi connectivity index (χ0n) is 13.1. The molecule has 0 atom stereocenters. The Hall–Kier alpha value is -1.82. The number of fused-ring (bicyclic) bond motifs is 1. The minimum atomic E-state index is 1.10. The first-order valence-electron chi connectivity index (χ1n) is 7.36. The molecular formula is C20H22. The molecule has 0 aliphatic heterocycles. The van der Waals surface area contributed by atoms with Gasteiger partial charge in [0.25, 0.3) is 0 Å². The van der Waals surface area contributed by atoms with Crippen molar-refractivity contribution in [3.05, 3.63) is 63.2 Å². The zero-order chi connectivity index (χ0) is 14.4. The Bertz CT molecular complexity index is 730. The molecule has 0 nitrogen and oxygen atoms in total. The highest BCUT2D eigenvalue weighted by molar-refractivity contribution is 5.84. The van der Waals surface area contributed by atoms with Crippen molar-refractivity contribution in [2.45, 2.75) is 41.0 Å². The lowest BCUT2D eigenvalue weighted by molar-refractivity contribution is 1.19. The number of hydrogen-bond donors (Lipinski definition) is 0. The van der Waals surface area contributed by atoms with Crippen molar-refractivity contribution in [2.75, 3.05) is 0 Å². The lowest BCUT2D eigenvalue weighted by Gasteiger charge is -2.17. The Labute approximate surface area is 122 Å². The third-order valence-electron chi connectivity index (χ3n) is 4.73. The van der Waals surface area contributed by atoms with Crippen LogP contribution in [0.5, 0.6) is 0 Å². The largest absolute Gasteiger partial charge is 0.0683 e. The Kier molecular flexibility index (Phi) is 3.05. The van der Waals surface area contributed by atoms with E-state index >= 15 is 0 Å². The summed E-state index contributed by atoms with van der Waals surface area (Å²) < 4.78 is 0. The van der Waals surface area contributed by atoms with E-state index in [-0.39, 0.29) is 0 Å². The van der Waals surface area contributed by atoms with Crippen molar-refractivity contribution in [3.8, 4) is 11.1 Å². The van der Waals surface area contributed by atoms with Crippen molar-refractivity contribution < 1.29 is 0 Å². The van der Waals surface area contributed by atoms with Crippen LogP contribution in [0.3, 0.4) is 0 Å². The monoisotopic (exact) mass is 262 g/mol. The quantitative estimate of drug-likeness (QED) is 0.632. The number of hydrogen-bond acceptors (Lipinski definition) is 0. The van der Waals surface area contributed by atoms with E-state index in [2.05, 4.69) is 65.0 Å². The molecule has 0 radical (unpaired) electrons. The summed E-state index contributed by atoms with van der Waals surface area (Å²) in [5.74, 6) is 0. The van der Waals surface area contributed by atoms with Crippen LogP contribution in [0, 0.1) is 27.7 Å². The van der Waals surface area contributed by atoms with Gasteiger partial charge < -0.3 is 0 Å². The molecule has 1 aliphatic carbocycles. The van der Waals surface area contributed by atoms with E-state index in [0.29, 0.717) is 0 Å². The Morgan fingerprint density at radius 3 is 2.20 bits per heavy atom. The third-order valence-corrected chi connectivity index (χ3v) is 4.73. The highest BCUT2D eigenvalue weighted by Crippen LogP contribution is 2.38. The first-order valence-corrected chi connectivity index (χ1v) is 7.36. The number of allylic oxidation sites excluding steroid dienone is 1. The van der Waals surface area contributed by atoms with Gasteiger partial charge in [0.05, 0.1) is 0 Å². The lowest BCUT2D eigenvalue weighted by atomic mass is 9.88. The minimum Gasteiger partial charge on any atom is -0.0683 e. The van der Waals surface area contributed by atoms with E-state index in [4.69, 9.17) is 0 Å². The van der Waals surface area contributed by atoms with Gasteiger partial charge >= 0.3 is 0 Å². The summed E-state index contributed by atoms with van der Waals surface area (Å²) in [6, 6.07) is 9.11. The molecule has 0 unspecified atom stereocenters. The van der Waals surface area contributed by atoms with E-state index in [9.17, 15) is 0 Å². The number of benzene rings is 2. The molecule has 20 heavy (non-hydrogen) atoms. The maximum Gasteiger partial charge on any atom is -0.00604 e. The molecule has 2 aromatic rings. The maximum absolute atomic E-state index is 2.37. The first-order chi connectivity index (χ1) is 9.49. The second-order valence-corrected chi connectivity index (χ2v) is 6.18. The SMILES string of the molecule is CC1=Cc2c(ccc(C)c2-c2ccc(C)c(C)c2C)C1. The Morgan fingerprint density at radius 1 is 0.750 bits per heavy atom. The summed E-state index contributed by atoms with van der Waals surface area (Å²) in [5.41, 5.74) is 12.8. The Balaban J connectivity index is 2.32. The summed E-state index contributed by atoms with van der Waals surface area (Å²) >= 11 is 0. The van der Waals surface area contributed by atoms with Gasteiger partial charge in [-0.3, -0.25) is 0 Å². The smallest absolute Gasteiger partial charge is 0.00604 e. The normalized spacial score (nSPS) is 13.3. The molecule has 1 aliphatic rings. The van der Waals surface area contributed by atoms with Crippen LogP contribution in [-0.2, 0) is 6.42 Å². The second-order valence-electron chi connectivity index (χ2n) is 6.18. The molecule has 0 spiro atoms. The lowest BCUT2D eigenvalue weighted by Crippen LogP contribution is -1.96. The van der Waals surface area contributed by atoms with E-state index in [1.807, 2.05) is 0 Å². The summed E-state index contributed by atoms with van der Waals surface area (Å²) in [7, 11) is 0. The van der Waals surface area contributed by atoms with Crippen LogP contribution in [0.1, 0.15) is 40.3 Å². The fourth-order valence-electron chi connectivity index (χ4n) is 3.27. The first kappa shape index (κ1) is 13.2. The van der Waals surface area contributed by atoms with Gasteiger partial charge in [-0.05, 0) is 85.5 Å². The topological polar surface area (TPSA) is 0 Å².